The Hall–Kier alpha value is -1.51. The molecule has 1 fully saturated rings. The zero-order chi connectivity index (χ0) is 12.5. The lowest BCUT2D eigenvalue weighted by Crippen LogP contribution is -2.56. The number of nitro benzene ring substituents is 1. The van der Waals surface area contributed by atoms with E-state index in [0.717, 1.165) is 0 Å². The fraction of sp³-hybridized carbons (Fsp3) is 0.333. The van der Waals surface area contributed by atoms with Gasteiger partial charge < -0.3 is 5.32 Å². The number of benzene rings is 1. The van der Waals surface area contributed by atoms with E-state index in [1.54, 1.807) is 0 Å². The van der Waals surface area contributed by atoms with Gasteiger partial charge in [-0.1, -0.05) is 0 Å². The Morgan fingerprint density at radius 2 is 1.88 bits per heavy atom. The number of hydrogen-bond acceptors (Lipinski definition) is 5. The van der Waals surface area contributed by atoms with E-state index in [2.05, 4.69) is 10.0 Å². The van der Waals surface area contributed by atoms with Crippen LogP contribution in [0, 0.1) is 10.1 Å². The van der Waals surface area contributed by atoms with Crippen molar-refractivity contribution in [2.24, 2.45) is 0 Å². The van der Waals surface area contributed by atoms with E-state index in [1.165, 1.54) is 24.3 Å². The van der Waals surface area contributed by atoms with Crippen LogP contribution in [0.3, 0.4) is 0 Å². The summed E-state index contributed by atoms with van der Waals surface area (Å²) < 4.78 is 26.1. The van der Waals surface area contributed by atoms with Gasteiger partial charge in [0, 0.05) is 31.3 Å². The zero-order valence-electron chi connectivity index (χ0n) is 8.79. The number of nitro groups is 1. The highest BCUT2D eigenvalue weighted by molar-refractivity contribution is 7.89. The summed E-state index contributed by atoms with van der Waals surface area (Å²) in [5.74, 6) is 0. The Labute approximate surface area is 98.0 Å². The van der Waals surface area contributed by atoms with E-state index < -0.39 is 14.9 Å². The molecule has 2 N–H and O–H groups in total. The Morgan fingerprint density at radius 1 is 1.29 bits per heavy atom. The molecular formula is C9H11N3O4S. The summed E-state index contributed by atoms with van der Waals surface area (Å²) in [6, 6.07) is 4.70. The van der Waals surface area contributed by atoms with Crippen molar-refractivity contribution in [2.45, 2.75) is 10.9 Å². The number of hydrogen-bond donors (Lipinski definition) is 2. The van der Waals surface area contributed by atoms with Crippen LogP contribution in [0.2, 0.25) is 0 Å². The van der Waals surface area contributed by atoms with E-state index in [-0.39, 0.29) is 16.6 Å². The van der Waals surface area contributed by atoms with Crippen LogP contribution in [0.25, 0.3) is 0 Å². The molecule has 1 heterocycles. The molecule has 1 aromatic carbocycles. The summed E-state index contributed by atoms with van der Waals surface area (Å²) in [4.78, 5) is 9.89. The van der Waals surface area contributed by atoms with Gasteiger partial charge in [-0.25, -0.2) is 13.1 Å². The normalized spacial score (nSPS) is 16.5. The largest absolute Gasteiger partial charge is 0.313 e. The van der Waals surface area contributed by atoms with Gasteiger partial charge in [-0.2, -0.15) is 0 Å². The molecule has 0 aliphatic carbocycles. The minimum absolute atomic E-state index is 0.0370. The van der Waals surface area contributed by atoms with Crippen LogP contribution >= 0.6 is 0 Å². The molecule has 0 saturated carbocycles. The van der Waals surface area contributed by atoms with Gasteiger partial charge in [0.05, 0.1) is 9.82 Å². The standard InChI is InChI=1S/C9H11N3O4S/c13-12(14)8-1-3-9(4-2-8)17(15,16)11-7-5-10-6-7/h1-4,7,10-11H,5-6H2. The lowest BCUT2D eigenvalue weighted by molar-refractivity contribution is -0.384. The van der Waals surface area contributed by atoms with Crippen molar-refractivity contribution in [1.29, 1.82) is 0 Å². The molecule has 2 rings (SSSR count). The highest BCUT2D eigenvalue weighted by Crippen LogP contribution is 2.16. The van der Waals surface area contributed by atoms with Gasteiger partial charge in [0.2, 0.25) is 10.0 Å². The minimum atomic E-state index is -3.58. The Bertz CT molecular complexity index is 522. The van der Waals surface area contributed by atoms with Crippen molar-refractivity contribution >= 4 is 15.7 Å². The smallest absolute Gasteiger partial charge is 0.269 e. The van der Waals surface area contributed by atoms with Crippen LogP contribution in [0.15, 0.2) is 29.2 Å². The first-order valence-electron chi connectivity index (χ1n) is 4.96. The predicted molar refractivity (Wildman–Crippen MR) is 60.1 cm³/mol. The molecular weight excluding hydrogens is 246 g/mol. The average molecular weight is 257 g/mol. The summed E-state index contributed by atoms with van der Waals surface area (Å²) in [7, 11) is -3.58. The molecule has 0 radical (unpaired) electrons. The number of non-ortho nitro benzene ring substituents is 1. The molecule has 1 aliphatic rings. The summed E-state index contributed by atoms with van der Waals surface area (Å²) in [6.07, 6.45) is 0. The second-order valence-electron chi connectivity index (χ2n) is 3.73. The second-order valence-corrected chi connectivity index (χ2v) is 5.44. The van der Waals surface area contributed by atoms with Crippen molar-refractivity contribution in [3.05, 3.63) is 34.4 Å². The molecule has 0 atom stereocenters. The molecule has 0 unspecified atom stereocenters. The van der Waals surface area contributed by atoms with Gasteiger partial charge in [-0.3, -0.25) is 10.1 Å². The van der Waals surface area contributed by atoms with E-state index in [9.17, 15) is 18.5 Å². The Morgan fingerprint density at radius 3 is 2.29 bits per heavy atom. The SMILES string of the molecule is O=[N+]([O-])c1ccc(S(=O)(=O)NC2CNC2)cc1. The number of rotatable bonds is 4. The fourth-order valence-corrected chi connectivity index (χ4v) is 2.64. The molecule has 17 heavy (non-hydrogen) atoms. The topological polar surface area (TPSA) is 101 Å². The van der Waals surface area contributed by atoms with Crippen molar-refractivity contribution < 1.29 is 13.3 Å². The maximum atomic E-state index is 11.8. The second kappa shape index (κ2) is 4.40. The maximum Gasteiger partial charge on any atom is 0.269 e. The molecule has 0 amide bonds. The number of nitrogens with zero attached hydrogens (tertiary/aromatic N) is 1. The van der Waals surface area contributed by atoms with Crippen molar-refractivity contribution in [3.63, 3.8) is 0 Å². The van der Waals surface area contributed by atoms with Crippen LogP contribution < -0.4 is 10.0 Å². The molecule has 0 aromatic heterocycles. The summed E-state index contributed by atoms with van der Waals surface area (Å²) in [5.41, 5.74) is -0.130. The van der Waals surface area contributed by atoms with E-state index in [1.807, 2.05) is 0 Å². The van der Waals surface area contributed by atoms with Crippen molar-refractivity contribution in [3.8, 4) is 0 Å². The maximum absolute atomic E-state index is 11.8. The third-order valence-electron chi connectivity index (χ3n) is 2.46. The minimum Gasteiger partial charge on any atom is -0.313 e. The van der Waals surface area contributed by atoms with Crippen LogP contribution in [-0.2, 0) is 10.0 Å². The third kappa shape index (κ3) is 2.60. The molecule has 92 valence electrons. The summed E-state index contributed by atoms with van der Waals surface area (Å²) in [6.45, 7) is 1.21. The first-order valence-corrected chi connectivity index (χ1v) is 6.45. The first kappa shape index (κ1) is 12.0. The molecule has 0 spiro atoms. The Balaban J connectivity index is 2.17. The molecule has 0 bridgehead atoms. The van der Waals surface area contributed by atoms with E-state index in [0.29, 0.717) is 13.1 Å². The van der Waals surface area contributed by atoms with Gasteiger partial charge in [-0.05, 0) is 12.1 Å². The van der Waals surface area contributed by atoms with Gasteiger partial charge in [0.15, 0.2) is 0 Å². The quantitative estimate of drug-likeness (QED) is 0.576. The number of nitrogens with one attached hydrogen (secondary N) is 2. The number of sulfonamides is 1. The van der Waals surface area contributed by atoms with Crippen molar-refractivity contribution in [2.75, 3.05) is 13.1 Å². The van der Waals surface area contributed by atoms with Gasteiger partial charge in [0.1, 0.15) is 0 Å². The fourth-order valence-electron chi connectivity index (χ4n) is 1.41. The molecule has 1 saturated heterocycles. The highest BCUT2D eigenvalue weighted by atomic mass is 32.2. The molecule has 1 aromatic rings. The highest BCUT2D eigenvalue weighted by Gasteiger charge is 2.24. The zero-order valence-corrected chi connectivity index (χ0v) is 9.61. The van der Waals surface area contributed by atoms with E-state index >= 15 is 0 Å². The van der Waals surface area contributed by atoms with Crippen LogP contribution in [0.4, 0.5) is 5.69 Å². The lowest BCUT2D eigenvalue weighted by Gasteiger charge is -2.27. The van der Waals surface area contributed by atoms with Gasteiger partial charge >= 0.3 is 0 Å². The summed E-state index contributed by atoms with van der Waals surface area (Å²) in [5, 5.41) is 13.4. The van der Waals surface area contributed by atoms with Crippen LogP contribution in [0.1, 0.15) is 0 Å². The molecule has 8 heteroatoms. The van der Waals surface area contributed by atoms with Gasteiger partial charge in [0.25, 0.3) is 5.69 Å². The van der Waals surface area contributed by atoms with E-state index in [4.69, 9.17) is 0 Å². The Kier molecular flexibility index (Phi) is 3.09. The monoisotopic (exact) mass is 257 g/mol. The third-order valence-corrected chi connectivity index (χ3v) is 4.00. The molecule has 7 nitrogen and oxygen atoms in total. The summed E-state index contributed by atoms with van der Waals surface area (Å²) >= 11 is 0. The van der Waals surface area contributed by atoms with Crippen LogP contribution in [0.5, 0.6) is 0 Å². The lowest BCUT2D eigenvalue weighted by atomic mass is 10.2. The van der Waals surface area contributed by atoms with Crippen molar-refractivity contribution in [1.82, 2.24) is 10.0 Å². The van der Waals surface area contributed by atoms with Crippen LogP contribution in [-0.4, -0.2) is 32.5 Å². The van der Waals surface area contributed by atoms with Gasteiger partial charge in [-0.15, -0.1) is 0 Å². The molecule has 1 aliphatic heterocycles. The first-order chi connectivity index (χ1) is 7.99. The average Bonchev–Trinajstić information content (AvgIpc) is 2.24. The predicted octanol–water partition coefficient (Wildman–Crippen LogP) is -0.155.